The lowest BCUT2D eigenvalue weighted by Gasteiger charge is -2.40. The highest BCUT2D eigenvalue weighted by atomic mass is 35.5. The van der Waals surface area contributed by atoms with E-state index in [0.717, 1.165) is 25.7 Å². The zero-order chi connectivity index (χ0) is 42.1. The number of piperidine rings is 1. The third-order valence-corrected chi connectivity index (χ3v) is 15.1. The number of amides is 1. The van der Waals surface area contributed by atoms with E-state index < -0.39 is 47.2 Å². The Labute approximate surface area is 329 Å². The highest BCUT2D eigenvalue weighted by molar-refractivity contribution is 7.93. The first kappa shape index (κ1) is 49.6. The second-order valence-electron chi connectivity index (χ2n) is 15.6. The zero-order valence-electron chi connectivity index (χ0n) is 33.3. The van der Waals surface area contributed by atoms with Crippen LogP contribution >= 0.6 is 23.2 Å². The van der Waals surface area contributed by atoms with Gasteiger partial charge in [0.2, 0.25) is 6.29 Å². The fraction of sp³-hybridized carbons (Fsp3) is 0.771. The van der Waals surface area contributed by atoms with Crippen molar-refractivity contribution in [2.75, 3.05) is 18.4 Å². The van der Waals surface area contributed by atoms with Gasteiger partial charge in [0.25, 0.3) is 0 Å². The van der Waals surface area contributed by atoms with Gasteiger partial charge >= 0.3 is 12.3 Å². The second kappa shape index (κ2) is 19.7. The van der Waals surface area contributed by atoms with Gasteiger partial charge in [-0.2, -0.15) is 23.4 Å². The third kappa shape index (κ3) is 13.4. The van der Waals surface area contributed by atoms with Crippen molar-refractivity contribution in [3.63, 3.8) is 0 Å². The Morgan fingerprint density at radius 2 is 1.11 bits per heavy atom. The van der Waals surface area contributed by atoms with Crippen molar-refractivity contribution >= 4 is 55.3 Å². The predicted octanol–water partition coefficient (Wildman–Crippen LogP) is 7.96. The van der Waals surface area contributed by atoms with Crippen molar-refractivity contribution in [2.24, 2.45) is 25.9 Å². The molecule has 1 aliphatic heterocycles. The largest absolute Gasteiger partial charge is 0.446 e. The number of nitrogens with zero attached hydrogens (tertiary/aromatic N) is 5. The summed E-state index contributed by atoms with van der Waals surface area (Å²) in [7, 11) is -3.38. The van der Waals surface area contributed by atoms with E-state index in [2.05, 4.69) is 10.2 Å². The van der Waals surface area contributed by atoms with Crippen LogP contribution in [0.3, 0.4) is 0 Å². The van der Waals surface area contributed by atoms with Crippen molar-refractivity contribution in [3.8, 4) is 0 Å². The van der Waals surface area contributed by atoms with Crippen LogP contribution in [-0.2, 0) is 43.3 Å². The SMILES string of the molecule is Cc1nn(C)cc1S(=O)(=O)C(C)(C)C1CCCCC1.Cc1nn(C)cc1S(=O)(=O)C(C)(C)C1CCN(C(=O)OC(C)(C)C)CC1.ClCCl.O=CC(F)(F)F. The first-order valence-electron chi connectivity index (χ1n) is 17.6. The van der Waals surface area contributed by atoms with E-state index in [1.165, 1.54) is 11.1 Å². The van der Waals surface area contributed by atoms with Crippen LogP contribution in [0, 0.1) is 25.7 Å². The van der Waals surface area contributed by atoms with Crippen molar-refractivity contribution in [3.05, 3.63) is 23.8 Å². The number of aldehydes is 1. The molecule has 0 bridgehead atoms. The summed E-state index contributed by atoms with van der Waals surface area (Å²) in [6.45, 7) is 17.3. The van der Waals surface area contributed by atoms with Crippen molar-refractivity contribution < 1.29 is 44.3 Å². The molecule has 1 saturated heterocycles. The lowest BCUT2D eigenvalue weighted by Crippen LogP contribution is -2.48. The smallest absolute Gasteiger partial charge is 0.444 e. The average molecular weight is 853 g/mol. The Kier molecular flexibility index (Phi) is 18.1. The number of rotatable bonds is 6. The van der Waals surface area contributed by atoms with Crippen LogP contribution in [0.5, 0.6) is 0 Å². The summed E-state index contributed by atoms with van der Waals surface area (Å²) in [6.07, 6.45) is 4.00. The molecule has 0 N–H and O–H groups in total. The molecule has 12 nitrogen and oxygen atoms in total. The summed E-state index contributed by atoms with van der Waals surface area (Å²) in [5, 5.41) is 8.54. The van der Waals surface area contributed by atoms with Crippen LogP contribution in [-0.4, -0.2) is 93.4 Å². The summed E-state index contributed by atoms with van der Waals surface area (Å²) in [4.78, 5) is 23.3. The number of sulfone groups is 2. The van der Waals surface area contributed by atoms with Gasteiger partial charge in [-0.1, -0.05) is 19.3 Å². The second-order valence-corrected chi connectivity index (χ2v) is 21.4. The Balaban J connectivity index is 0.000000453. The summed E-state index contributed by atoms with van der Waals surface area (Å²) in [5.41, 5.74) is 0.590. The van der Waals surface area contributed by atoms with Gasteiger partial charge in [-0.25, -0.2) is 21.6 Å². The quantitative estimate of drug-likeness (QED) is 0.208. The molecule has 1 amide bonds. The van der Waals surface area contributed by atoms with Crippen LogP contribution < -0.4 is 0 Å². The minimum Gasteiger partial charge on any atom is -0.444 e. The van der Waals surface area contributed by atoms with E-state index in [9.17, 15) is 34.8 Å². The summed E-state index contributed by atoms with van der Waals surface area (Å²) in [6, 6.07) is 0. The number of aryl methyl sites for hydroxylation is 4. The number of carbonyl (C=O) groups excluding carboxylic acids is 2. The van der Waals surface area contributed by atoms with E-state index in [4.69, 9.17) is 32.7 Å². The molecule has 0 aromatic carbocycles. The number of carbonyl (C=O) groups is 2. The van der Waals surface area contributed by atoms with E-state index >= 15 is 0 Å². The summed E-state index contributed by atoms with van der Waals surface area (Å²) < 4.78 is 90.5. The number of likely N-dealkylation sites (tertiary alicyclic amines) is 1. The van der Waals surface area contributed by atoms with Crippen molar-refractivity contribution in [1.29, 1.82) is 0 Å². The summed E-state index contributed by atoms with van der Waals surface area (Å²) in [5.74, 6) is 0.219. The molecule has 2 fully saturated rings. The van der Waals surface area contributed by atoms with E-state index in [-0.39, 0.29) is 23.3 Å². The molecule has 1 saturated carbocycles. The molecule has 312 valence electrons. The number of halogens is 5. The number of alkyl halides is 5. The van der Waals surface area contributed by atoms with Gasteiger partial charge in [0.05, 0.1) is 26.2 Å². The van der Waals surface area contributed by atoms with Gasteiger partial charge in [0, 0.05) is 39.6 Å². The number of ether oxygens (including phenoxy) is 1. The molecule has 1 aliphatic carbocycles. The molecule has 0 unspecified atom stereocenters. The van der Waals surface area contributed by atoms with E-state index in [1.54, 1.807) is 63.8 Å². The highest BCUT2D eigenvalue weighted by Gasteiger charge is 2.46. The Morgan fingerprint density at radius 1 is 0.778 bits per heavy atom. The van der Waals surface area contributed by atoms with Gasteiger partial charge in [-0.3, -0.25) is 14.2 Å². The van der Waals surface area contributed by atoms with Crippen LogP contribution in [0.25, 0.3) is 0 Å². The van der Waals surface area contributed by atoms with Gasteiger partial charge in [0.15, 0.2) is 19.7 Å². The molecular formula is C35H58Cl2F3N5O7S2. The van der Waals surface area contributed by atoms with Crippen LogP contribution in [0.1, 0.15) is 105 Å². The maximum atomic E-state index is 13.2. The van der Waals surface area contributed by atoms with Gasteiger partial charge in [0.1, 0.15) is 15.4 Å². The minimum absolute atomic E-state index is 0.0363. The Hall–Kier alpha value is -2.37. The van der Waals surface area contributed by atoms with Gasteiger partial charge in [-0.05, 0) is 99.8 Å². The Bertz CT molecular complexity index is 1740. The Morgan fingerprint density at radius 3 is 1.39 bits per heavy atom. The highest BCUT2D eigenvalue weighted by Crippen LogP contribution is 2.41. The van der Waals surface area contributed by atoms with Crippen LogP contribution in [0.4, 0.5) is 18.0 Å². The zero-order valence-corrected chi connectivity index (χ0v) is 36.4. The predicted molar refractivity (Wildman–Crippen MR) is 204 cm³/mol. The third-order valence-electron chi connectivity index (χ3n) is 9.75. The monoisotopic (exact) mass is 851 g/mol. The number of hydrogen-bond donors (Lipinski definition) is 0. The van der Waals surface area contributed by atoms with Crippen molar-refractivity contribution in [1.82, 2.24) is 24.5 Å². The molecule has 0 radical (unpaired) electrons. The first-order valence-corrected chi connectivity index (χ1v) is 21.7. The molecule has 54 heavy (non-hydrogen) atoms. The average Bonchev–Trinajstić information content (AvgIpc) is 3.60. The van der Waals surface area contributed by atoms with E-state index in [0.29, 0.717) is 47.1 Å². The fourth-order valence-electron chi connectivity index (χ4n) is 6.57. The molecule has 3 heterocycles. The van der Waals surface area contributed by atoms with Gasteiger partial charge < -0.3 is 9.64 Å². The molecule has 19 heteroatoms. The van der Waals surface area contributed by atoms with Gasteiger partial charge in [-0.15, -0.1) is 23.2 Å². The maximum absolute atomic E-state index is 13.2. The maximum Gasteiger partial charge on any atom is 0.446 e. The number of aromatic nitrogens is 4. The first-order chi connectivity index (χ1) is 24.5. The minimum atomic E-state index is -4.64. The molecular weight excluding hydrogens is 794 g/mol. The molecule has 4 rings (SSSR count). The van der Waals surface area contributed by atoms with Crippen LogP contribution in [0.2, 0.25) is 0 Å². The van der Waals surface area contributed by atoms with Crippen molar-refractivity contribution in [2.45, 2.75) is 138 Å². The molecule has 2 aromatic heterocycles. The standard InChI is InChI=1S/C18H31N3O4S.C14H24N2O2S.C2HF3O.CH2Cl2/c1-13-15(12-20(7)19-13)26(23,24)18(5,6)14-8-10-21(11-9-14)16(22)25-17(2,3)4;1-11-13(10-16(4)15-11)19(17,18)14(2,3)12-8-6-5-7-9-12;3-2(4,5)1-6;2-1-3/h12,14H,8-11H2,1-7H3;10,12H,5-9H2,1-4H3;1H;1H2. The normalized spacial score (nSPS) is 16.6. The lowest BCUT2D eigenvalue weighted by atomic mass is 9.81. The molecule has 0 atom stereocenters. The molecule has 2 aliphatic rings. The van der Waals surface area contributed by atoms with E-state index in [1.807, 2.05) is 34.6 Å². The lowest BCUT2D eigenvalue weighted by molar-refractivity contribution is -0.156. The summed E-state index contributed by atoms with van der Waals surface area (Å²) >= 11 is 9.53. The number of hydrogen-bond acceptors (Lipinski definition) is 9. The topological polar surface area (TPSA) is 151 Å². The van der Waals surface area contributed by atoms with Crippen LogP contribution in [0.15, 0.2) is 22.2 Å². The molecule has 0 spiro atoms. The molecule has 2 aromatic rings. The fourth-order valence-corrected chi connectivity index (χ4v) is 10.5.